The van der Waals surface area contributed by atoms with E-state index in [9.17, 15) is 4.79 Å². The second kappa shape index (κ2) is 9.09. The van der Waals surface area contributed by atoms with Gasteiger partial charge in [0.1, 0.15) is 5.82 Å². The average molecular weight is 443 g/mol. The average Bonchev–Trinajstić information content (AvgIpc) is 3.14. The van der Waals surface area contributed by atoms with Gasteiger partial charge in [0.05, 0.1) is 0 Å². The number of hydrogen-bond donors (Lipinski definition) is 0. The van der Waals surface area contributed by atoms with Crippen LogP contribution in [-0.2, 0) is 6.42 Å². The van der Waals surface area contributed by atoms with Crippen LogP contribution >= 0.6 is 11.5 Å². The highest BCUT2D eigenvalue weighted by atomic mass is 32.1. The molecular weight excluding hydrogens is 416 g/mol. The molecule has 1 saturated heterocycles. The maximum Gasteiger partial charge on any atom is 0.254 e. The lowest BCUT2D eigenvalue weighted by Crippen LogP contribution is -2.35. The van der Waals surface area contributed by atoms with Crippen molar-refractivity contribution in [3.63, 3.8) is 0 Å². The Morgan fingerprint density at radius 2 is 1.75 bits per heavy atom. The lowest BCUT2D eigenvalue weighted by molar-refractivity contribution is 0.0769. The number of aromatic nitrogens is 2. The number of aryl methyl sites for hydroxylation is 1. The van der Waals surface area contributed by atoms with E-state index in [4.69, 9.17) is 4.98 Å². The van der Waals surface area contributed by atoms with Crippen molar-refractivity contribution in [1.29, 1.82) is 0 Å². The van der Waals surface area contributed by atoms with E-state index in [1.165, 1.54) is 22.7 Å². The van der Waals surface area contributed by atoms with Crippen LogP contribution in [0.25, 0.3) is 10.8 Å². The lowest BCUT2D eigenvalue weighted by Gasteiger charge is -2.22. The van der Waals surface area contributed by atoms with Gasteiger partial charge in [0.15, 0.2) is 0 Å². The molecule has 2 heterocycles. The van der Waals surface area contributed by atoms with Crippen molar-refractivity contribution in [2.45, 2.75) is 19.8 Å². The summed E-state index contributed by atoms with van der Waals surface area (Å²) in [5.74, 6) is 0.975. The third-order valence-electron chi connectivity index (χ3n) is 6.01. The monoisotopic (exact) mass is 442 g/mol. The first-order valence-corrected chi connectivity index (χ1v) is 11.8. The Kier molecular flexibility index (Phi) is 5.86. The molecule has 5 nitrogen and oxygen atoms in total. The summed E-state index contributed by atoms with van der Waals surface area (Å²) >= 11 is 1.46. The number of carbonyl (C=O) groups excluding carboxylic acids is 1. The van der Waals surface area contributed by atoms with Crippen molar-refractivity contribution in [3.8, 4) is 0 Å². The predicted molar refractivity (Wildman–Crippen MR) is 131 cm³/mol. The molecule has 0 spiro atoms. The van der Waals surface area contributed by atoms with Gasteiger partial charge in [-0.1, -0.05) is 66.2 Å². The van der Waals surface area contributed by atoms with Crippen LogP contribution in [-0.4, -0.2) is 46.3 Å². The molecule has 3 aromatic carbocycles. The third kappa shape index (κ3) is 4.36. The highest BCUT2D eigenvalue weighted by Crippen LogP contribution is 2.23. The summed E-state index contributed by atoms with van der Waals surface area (Å²) in [7, 11) is 0. The van der Waals surface area contributed by atoms with E-state index in [0.29, 0.717) is 6.54 Å². The topological polar surface area (TPSA) is 49.3 Å². The number of nitrogens with zero attached hydrogens (tertiary/aromatic N) is 4. The largest absolute Gasteiger partial charge is 0.345 e. The van der Waals surface area contributed by atoms with Crippen molar-refractivity contribution in [3.05, 3.63) is 89.2 Å². The molecule has 0 saturated carbocycles. The van der Waals surface area contributed by atoms with Crippen LogP contribution in [0.5, 0.6) is 0 Å². The summed E-state index contributed by atoms with van der Waals surface area (Å²) in [4.78, 5) is 22.4. The summed E-state index contributed by atoms with van der Waals surface area (Å²) < 4.78 is 4.58. The van der Waals surface area contributed by atoms with E-state index in [2.05, 4.69) is 52.6 Å². The molecule has 162 valence electrons. The summed E-state index contributed by atoms with van der Waals surface area (Å²) in [5, 5.41) is 3.07. The van der Waals surface area contributed by atoms with Crippen LogP contribution in [0.2, 0.25) is 0 Å². The Bertz CT molecular complexity index is 1230. The van der Waals surface area contributed by atoms with E-state index in [1.807, 2.05) is 35.2 Å². The summed E-state index contributed by atoms with van der Waals surface area (Å²) in [6, 6.07) is 22.6. The van der Waals surface area contributed by atoms with Gasteiger partial charge >= 0.3 is 0 Å². The summed E-state index contributed by atoms with van der Waals surface area (Å²) in [6.07, 6.45) is 1.67. The molecule has 5 rings (SSSR count). The molecule has 0 atom stereocenters. The fourth-order valence-electron chi connectivity index (χ4n) is 4.23. The number of anilines is 1. The Morgan fingerprint density at radius 1 is 0.938 bits per heavy atom. The SMILES string of the molecule is Cc1ccc(Cc2nsc(N3CCCN(C(=O)c4cccc5ccccc45)CC3)n2)cc1. The van der Waals surface area contributed by atoms with Crippen LogP contribution < -0.4 is 4.90 Å². The number of benzene rings is 3. The second-order valence-corrected chi connectivity index (χ2v) is 9.05. The number of hydrogen-bond acceptors (Lipinski definition) is 5. The first-order chi connectivity index (χ1) is 15.7. The zero-order valence-corrected chi connectivity index (χ0v) is 19.0. The second-order valence-electron chi connectivity index (χ2n) is 8.32. The normalized spacial score (nSPS) is 14.5. The Balaban J connectivity index is 1.27. The molecule has 0 radical (unpaired) electrons. The first-order valence-electron chi connectivity index (χ1n) is 11.1. The van der Waals surface area contributed by atoms with Crippen molar-refractivity contribution in [2.75, 3.05) is 31.1 Å². The van der Waals surface area contributed by atoms with Crippen molar-refractivity contribution in [1.82, 2.24) is 14.3 Å². The van der Waals surface area contributed by atoms with Gasteiger partial charge < -0.3 is 9.80 Å². The van der Waals surface area contributed by atoms with Gasteiger partial charge in [0, 0.05) is 49.7 Å². The van der Waals surface area contributed by atoms with E-state index in [-0.39, 0.29) is 5.91 Å². The fraction of sp³-hybridized carbons (Fsp3) is 0.269. The molecule has 1 aromatic heterocycles. The van der Waals surface area contributed by atoms with Crippen LogP contribution in [0, 0.1) is 6.92 Å². The highest BCUT2D eigenvalue weighted by Gasteiger charge is 2.23. The van der Waals surface area contributed by atoms with Crippen LogP contribution in [0.4, 0.5) is 5.13 Å². The fourth-order valence-corrected chi connectivity index (χ4v) is 4.96. The maximum absolute atomic E-state index is 13.3. The predicted octanol–water partition coefficient (Wildman–Crippen LogP) is 4.94. The van der Waals surface area contributed by atoms with Gasteiger partial charge in [0.2, 0.25) is 5.13 Å². The smallest absolute Gasteiger partial charge is 0.254 e. The summed E-state index contributed by atoms with van der Waals surface area (Å²) in [5.41, 5.74) is 3.27. The minimum absolute atomic E-state index is 0.112. The Labute approximate surface area is 192 Å². The molecule has 0 unspecified atom stereocenters. The molecule has 4 aromatic rings. The van der Waals surface area contributed by atoms with E-state index in [0.717, 1.165) is 59.8 Å². The molecule has 1 fully saturated rings. The molecule has 0 N–H and O–H groups in total. The van der Waals surface area contributed by atoms with Crippen LogP contribution in [0.3, 0.4) is 0 Å². The number of amides is 1. The zero-order valence-electron chi connectivity index (χ0n) is 18.2. The number of carbonyl (C=O) groups is 1. The first kappa shape index (κ1) is 20.6. The van der Waals surface area contributed by atoms with Gasteiger partial charge in [-0.3, -0.25) is 4.79 Å². The molecule has 32 heavy (non-hydrogen) atoms. The maximum atomic E-state index is 13.3. The molecule has 6 heteroatoms. The third-order valence-corrected chi connectivity index (χ3v) is 6.83. The van der Waals surface area contributed by atoms with Gasteiger partial charge in [-0.25, -0.2) is 4.98 Å². The Hall–Kier alpha value is -3.25. The van der Waals surface area contributed by atoms with E-state index < -0.39 is 0 Å². The van der Waals surface area contributed by atoms with Gasteiger partial charge in [0.25, 0.3) is 5.91 Å². The zero-order chi connectivity index (χ0) is 21.9. The van der Waals surface area contributed by atoms with E-state index >= 15 is 0 Å². The van der Waals surface area contributed by atoms with Crippen LogP contribution in [0.15, 0.2) is 66.7 Å². The van der Waals surface area contributed by atoms with Gasteiger partial charge in [-0.15, -0.1) is 0 Å². The summed E-state index contributed by atoms with van der Waals surface area (Å²) in [6.45, 7) is 5.20. The molecule has 1 aliphatic rings. The van der Waals surface area contributed by atoms with Crippen molar-refractivity contribution >= 4 is 33.3 Å². The molecule has 1 amide bonds. The van der Waals surface area contributed by atoms with E-state index in [1.54, 1.807) is 0 Å². The molecular formula is C26H26N4OS. The molecule has 0 bridgehead atoms. The van der Waals surface area contributed by atoms with Gasteiger partial charge in [-0.05, 0) is 35.7 Å². The lowest BCUT2D eigenvalue weighted by atomic mass is 10.0. The number of rotatable bonds is 4. The standard InChI is InChI=1S/C26H26N4OS/c1-19-10-12-20(13-11-19)18-24-27-26(32-28-24)30-15-5-14-29(16-17-30)25(31)23-9-4-7-21-6-2-3-8-22(21)23/h2-4,6-13H,5,14-18H2,1H3. The molecule has 0 aliphatic carbocycles. The Morgan fingerprint density at radius 3 is 2.62 bits per heavy atom. The van der Waals surface area contributed by atoms with Gasteiger partial charge in [-0.2, -0.15) is 4.37 Å². The van der Waals surface area contributed by atoms with Crippen LogP contribution in [0.1, 0.15) is 33.7 Å². The highest BCUT2D eigenvalue weighted by molar-refractivity contribution is 7.09. The minimum atomic E-state index is 0.112. The number of fused-ring (bicyclic) bond motifs is 1. The minimum Gasteiger partial charge on any atom is -0.345 e. The quantitative estimate of drug-likeness (QED) is 0.449. The molecule has 1 aliphatic heterocycles. The van der Waals surface area contributed by atoms with Crippen molar-refractivity contribution < 1.29 is 4.79 Å². The van der Waals surface area contributed by atoms with Crippen molar-refractivity contribution in [2.24, 2.45) is 0 Å².